The maximum Gasteiger partial charge on any atom is 0.314 e. The van der Waals surface area contributed by atoms with Gasteiger partial charge in [-0.05, 0) is 57.1 Å². The van der Waals surface area contributed by atoms with Gasteiger partial charge < -0.3 is 9.47 Å². The molecule has 1 aliphatic rings. The van der Waals surface area contributed by atoms with E-state index in [-0.39, 0.29) is 12.1 Å². The average Bonchev–Trinajstić information content (AvgIpc) is 3.11. The van der Waals surface area contributed by atoms with Crippen molar-refractivity contribution in [3.05, 3.63) is 71.3 Å². The fraction of sp³-hybridized carbons (Fsp3) is 0.458. The lowest BCUT2D eigenvalue weighted by Gasteiger charge is -2.33. The highest BCUT2D eigenvalue weighted by molar-refractivity contribution is 5.78. The van der Waals surface area contributed by atoms with Crippen molar-refractivity contribution in [1.82, 2.24) is 0 Å². The van der Waals surface area contributed by atoms with Crippen molar-refractivity contribution >= 4 is 5.97 Å². The van der Waals surface area contributed by atoms with Crippen molar-refractivity contribution in [2.24, 2.45) is 5.41 Å². The standard InChI is InChI=1S/C24H30O3/c1-3-26-23(25)24(17-15-20-8-5-4-6-9-20)16-7-10-22(24)27-18-21-13-11-19(2)12-14-21/h4-6,8-9,11-14,22H,3,7,10,15-18H2,1-2H3. The number of hydrogen-bond donors (Lipinski definition) is 0. The second-order valence-corrected chi connectivity index (χ2v) is 7.54. The van der Waals surface area contributed by atoms with Crippen LogP contribution in [0.1, 0.15) is 49.3 Å². The maximum atomic E-state index is 13.0. The molecule has 0 spiro atoms. The molecule has 2 aromatic rings. The highest BCUT2D eigenvalue weighted by Crippen LogP contribution is 2.45. The van der Waals surface area contributed by atoms with Crippen LogP contribution in [0.2, 0.25) is 0 Å². The molecule has 0 N–H and O–H groups in total. The number of benzene rings is 2. The van der Waals surface area contributed by atoms with Gasteiger partial charge in [0, 0.05) is 0 Å². The fourth-order valence-corrected chi connectivity index (χ4v) is 4.07. The minimum Gasteiger partial charge on any atom is -0.465 e. The van der Waals surface area contributed by atoms with Crippen LogP contribution >= 0.6 is 0 Å². The van der Waals surface area contributed by atoms with Gasteiger partial charge in [0.15, 0.2) is 0 Å². The summed E-state index contributed by atoms with van der Waals surface area (Å²) in [6.45, 7) is 4.91. The van der Waals surface area contributed by atoms with Crippen molar-refractivity contribution in [1.29, 1.82) is 0 Å². The molecular formula is C24H30O3. The first kappa shape index (κ1) is 19.6. The Morgan fingerprint density at radius 1 is 1.07 bits per heavy atom. The summed E-state index contributed by atoms with van der Waals surface area (Å²) in [5.74, 6) is -0.0904. The fourth-order valence-electron chi connectivity index (χ4n) is 4.07. The normalized spacial score (nSPS) is 21.9. The van der Waals surface area contributed by atoms with Crippen LogP contribution < -0.4 is 0 Å². The van der Waals surface area contributed by atoms with E-state index in [1.807, 2.05) is 25.1 Å². The molecule has 0 heterocycles. The topological polar surface area (TPSA) is 35.5 Å². The lowest BCUT2D eigenvalue weighted by atomic mass is 9.78. The van der Waals surface area contributed by atoms with Crippen LogP contribution in [-0.4, -0.2) is 18.7 Å². The van der Waals surface area contributed by atoms with Gasteiger partial charge in [0.05, 0.1) is 24.7 Å². The first-order valence-corrected chi connectivity index (χ1v) is 10.0. The smallest absolute Gasteiger partial charge is 0.314 e. The molecule has 0 aromatic heterocycles. The Bertz CT molecular complexity index is 723. The summed E-state index contributed by atoms with van der Waals surface area (Å²) in [4.78, 5) is 13.0. The molecule has 3 nitrogen and oxygen atoms in total. The van der Waals surface area contributed by atoms with Gasteiger partial charge in [-0.15, -0.1) is 0 Å². The first-order chi connectivity index (χ1) is 13.1. The summed E-state index contributed by atoms with van der Waals surface area (Å²) in [5.41, 5.74) is 3.11. The van der Waals surface area contributed by atoms with E-state index in [1.54, 1.807) is 0 Å². The Hall–Kier alpha value is -2.13. The highest BCUT2D eigenvalue weighted by Gasteiger charge is 2.50. The molecule has 0 aliphatic heterocycles. The van der Waals surface area contributed by atoms with Crippen molar-refractivity contribution in [2.75, 3.05) is 6.61 Å². The van der Waals surface area contributed by atoms with E-state index in [0.29, 0.717) is 13.2 Å². The van der Waals surface area contributed by atoms with Crippen LogP contribution in [0.5, 0.6) is 0 Å². The number of carbonyl (C=O) groups is 1. The van der Waals surface area contributed by atoms with E-state index in [1.165, 1.54) is 11.1 Å². The molecule has 0 radical (unpaired) electrons. The zero-order valence-corrected chi connectivity index (χ0v) is 16.4. The number of rotatable bonds is 8. The SMILES string of the molecule is CCOC(=O)C1(CCc2ccccc2)CCCC1OCc1ccc(C)cc1. The average molecular weight is 367 g/mol. The monoisotopic (exact) mass is 366 g/mol. The van der Waals surface area contributed by atoms with Gasteiger partial charge in [-0.1, -0.05) is 60.2 Å². The molecule has 0 saturated heterocycles. The number of carbonyl (C=O) groups excluding carboxylic acids is 1. The highest BCUT2D eigenvalue weighted by atomic mass is 16.5. The molecule has 0 amide bonds. The molecule has 2 atom stereocenters. The molecule has 2 unspecified atom stereocenters. The van der Waals surface area contributed by atoms with E-state index in [0.717, 1.165) is 37.7 Å². The van der Waals surface area contributed by atoms with E-state index in [9.17, 15) is 4.79 Å². The van der Waals surface area contributed by atoms with Gasteiger partial charge in [0.25, 0.3) is 0 Å². The van der Waals surface area contributed by atoms with Gasteiger partial charge in [0.1, 0.15) is 0 Å². The van der Waals surface area contributed by atoms with Crippen LogP contribution in [0.3, 0.4) is 0 Å². The van der Waals surface area contributed by atoms with E-state index in [4.69, 9.17) is 9.47 Å². The second kappa shape index (κ2) is 9.18. The largest absolute Gasteiger partial charge is 0.465 e. The van der Waals surface area contributed by atoms with Crippen LogP contribution in [0, 0.1) is 12.3 Å². The molecule has 3 rings (SSSR count). The number of ether oxygens (including phenoxy) is 2. The van der Waals surface area contributed by atoms with Crippen LogP contribution in [0.4, 0.5) is 0 Å². The molecular weight excluding hydrogens is 336 g/mol. The van der Waals surface area contributed by atoms with Crippen molar-refractivity contribution in [2.45, 2.75) is 58.7 Å². The molecule has 0 bridgehead atoms. The van der Waals surface area contributed by atoms with Crippen molar-refractivity contribution < 1.29 is 14.3 Å². The van der Waals surface area contributed by atoms with Gasteiger partial charge in [-0.2, -0.15) is 0 Å². The molecule has 144 valence electrons. The quantitative estimate of drug-likeness (QED) is 0.599. The van der Waals surface area contributed by atoms with E-state index in [2.05, 4.69) is 43.3 Å². The summed E-state index contributed by atoms with van der Waals surface area (Å²) in [6, 6.07) is 18.8. The first-order valence-electron chi connectivity index (χ1n) is 10.0. The van der Waals surface area contributed by atoms with Crippen LogP contribution in [0.25, 0.3) is 0 Å². The van der Waals surface area contributed by atoms with Gasteiger partial charge in [-0.3, -0.25) is 4.79 Å². The Labute approximate surface area is 162 Å². The molecule has 27 heavy (non-hydrogen) atoms. The molecule has 3 heteroatoms. The molecule has 1 saturated carbocycles. The lowest BCUT2D eigenvalue weighted by molar-refractivity contribution is -0.165. The molecule has 1 aliphatic carbocycles. The third kappa shape index (κ3) is 4.78. The molecule has 1 fully saturated rings. The minimum atomic E-state index is -0.531. The van der Waals surface area contributed by atoms with E-state index < -0.39 is 5.41 Å². The van der Waals surface area contributed by atoms with Crippen LogP contribution in [0.15, 0.2) is 54.6 Å². The minimum absolute atomic E-state index is 0.0819. The Morgan fingerprint density at radius 2 is 1.81 bits per heavy atom. The predicted octanol–water partition coefficient (Wildman–Crippen LogP) is 5.25. The lowest BCUT2D eigenvalue weighted by Crippen LogP contribution is -2.41. The Balaban J connectivity index is 1.73. The Morgan fingerprint density at radius 3 is 2.52 bits per heavy atom. The zero-order valence-electron chi connectivity index (χ0n) is 16.4. The summed E-state index contributed by atoms with van der Waals surface area (Å²) in [7, 11) is 0. The van der Waals surface area contributed by atoms with Crippen molar-refractivity contribution in [3.8, 4) is 0 Å². The van der Waals surface area contributed by atoms with Gasteiger partial charge in [-0.25, -0.2) is 0 Å². The number of esters is 1. The van der Waals surface area contributed by atoms with Crippen LogP contribution in [-0.2, 0) is 27.3 Å². The van der Waals surface area contributed by atoms with Gasteiger partial charge >= 0.3 is 5.97 Å². The third-order valence-corrected chi connectivity index (χ3v) is 5.66. The summed E-state index contributed by atoms with van der Waals surface area (Å²) >= 11 is 0. The summed E-state index contributed by atoms with van der Waals surface area (Å²) in [6.07, 6.45) is 4.32. The maximum absolute atomic E-state index is 13.0. The Kier molecular flexibility index (Phi) is 6.68. The van der Waals surface area contributed by atoms with Crippen molar-refractivity contribution in [3.63, 3.8) is 0 Å². The second-order valence-electron chi connectivity index (χ2n) is 7.54. The summed E-state index contributed by atoms with van der Waals surface area (Å²) < 4.78 is 11.8. The number of hydrogen-bond acceptors (Lipinski definition) is 3. The molecule has 2 aromatic carbocycles. The zero-order chi connectivity index (χ0) is 19.1. The third-order valence-electron chi connectivity index (χ3n) is 5.66. The summed E-state index contributed by atoms with van der Waals surface area (Å²) in [5, 5.41) is 0. The van der Waals surface area contributed by atoms with E-state index >= 15 is 0 Å². The predicted molar refractivity (Wildman–Crippen MR) is 107 cm³/mol. The number of aryl methyl sites for hydroxylation is 2. The van der Waals surface area contributed by atoms with Gasteiger partial charge in [0.2, 0.25) is 0 Å².